The molecule has 0 unspecified atom stereocenters. The summed E-state index contributed by atoms with van der Waals surface area (Å²) >= 11 is 0. The van der Waals surface area contributed by atoms with E-state index in [4.69, 9.17) is 0 Å². The van der Waals surface area contributed by atoms with Crippen molar-refractivity contribution in [3.63, 3.8) is 0 Å². The van der Waals surface area contributed by atoms with E-state index in [-0.39, 0.29) is 0 Å². The topological polar surface area (TPSA) is 48.5 Å². The summed E-state index contributed by atoms with van der Waals surface area (Å²) in [5.41, 5.74) is 4.28. The van der Waals surface area contributed by atoms with Crippen LogP contribution >= 0.6 is 0 Å². The maximum absolute atomic E-state index is 13.4. The minimum atomic E-state index is -0.591. The first-order valence-electron chi connectivity index (χ1n) is 8.74. The molecule has 0 fully saturated rings. The van der Waals surface area contributed by atoms with Crippen molar-refractivity contribution in [1.82, 2.24) is 24.3 Å². The van der Waals surface area contributed by atoms with Crippen LogP contribution in [0.2, 0.25) is 0 Å². The maximum atomic E-state index is 13.4. The van der Waals surface area contributed by atoms with Crippen LogP contribution in [0.4, 0.5) is 8.78 Å². The predicted molar refractivity (Wildman–Crippen MR) is 103 cm³/mol. The molecule has 0 amide bonds. The van der Waals surface area contributed by atoms with Gasteiger partial charge in [0.25, 0.3) is 0 Å². The van der Waals surface area contributed by atoms with Gasteiger partial charge < -0.3 is 4.57 Å². The van der Waals surface area contributed by atoms with Gasteiger partial charge in [0.1, 0.15) is 23.6 Å². The molecule has 0 atom stereocenters. The largest absolute Gasteiger partial charge is 0.335 e. The SMILES string of the molecule is Cn1cc(-c2ccc3nn(Cc4cc(F)cc(F)c4)cc3c2)c2cncnc21. The van der Waals surface area contributed by atoms with Gasteiger partial charge in [-0.05, 0) is 35.4 Å². The third-order valence-electron chi connectivity index (χ3n) is 4.77. The summed E-state index contributed by atoms with van der Waals surface area (Å²) in [6, 6.07) is 9.49. The Labute approximate surface area is 158 Å². The molecule has 7 heteroatoms. The molecule has 0 aliphatic rings. The third kappa shape index (κ3) is 2.81. The second-order valence-corrected chi connectivity index (χ2v) is 6.79. The number of benzene rings is 2. The summed E-state index contributed by atoms with van der Waals surface area (Å²) in [6.45, 7) is 0.292. The highest BCUT2D eigenvalue weighted by molar-refractivity contribution is 5.96. The minimum Gasteiger partial charge on any atom is -0.335 e. The van der Waals surface area contributed by atoms with Crippen molar-refractivity contribution < 1.29 is 8.78 Å². The lowest BCUT2D eigenvalue weighted by Gasteiger charge is -2.02. The first-order valence-corrected chi connectivity index (χ1v) is 8.74. The average molecular weight is 375 g/mol. The summed E-state index contributed by atoms with van der Waals surface area (Å²) in [5.74, 6) is -1.18. The standard InChI is InChI=1S/C21H15F2N5/c1-27-11-19(18-8-24-12-25-21(18)27)14-2-3-20-15(6-14)10-28(26-20)9-13-4-16(22)7-17(23)5-13/h2-8,10-12H,9H2,1H3. The Morgan fingerprint density at radius 2 is 1.82 bits per heavy atom. The van der Waals surface area contributed by atoms with Crippen LogP contribution in [0.15, 0.2) is 61.3 Å². The van der Waals surface area contributed by atoms with Crippen LogP contribution in [0.25, 0.3) is 33.1 Å². The molecule has 138 valence electrons. The predicted octanol–water partition coefficient (Wildman–Crippen LogP) is 4.31. The van der Waals surface area contributed by atoms with E-state index in [1.54, 1.807) is 4.68 Å². The van der Waals surface area contributed by atoms with Crippen LogP contribution in [0.3, 0.4) is 0 Å². The molecule has 0 aliphatic carbocycles. The normalized spacial score (nSPS) is 11.5. The van der Waals surface area contributed by atoms with Crippen molar-refractivity contribution in [2.45, 2.75) is 6.54 Å². The Bertz CT molecular complexity index is 1320. The van der Waals surface area contributed by atoms with Crippen molar-refractivity contribution >= 4 is 21.9 Å². The Balaban J connectivity index is 1.55. The van der Waals surface area contributed by atoms with Gasteiger partial charge >= 0.3 is 0 Å². The number of rotatable bonds is 3. The van der Waals surface area contributed by atoms with E-state index in [0.717, 1.165) is 39.1 Å². The lowest BCUT2D eigenvalue weighted by atomic mass is 10.1. The lowest BCUT2D eigenvalue weighted by molar-refractivity contribution is 0.575. The zero-order valence-corrected chi connectivity index (χ0v) is 15.0. The second kappa shape index (κ2) is 6.23. The second-order valence-electron chi connectivity index (χ2n) is 6.79. The molecule has 0 saturated carbocycles. The van der Waals surface area contributed by atoms with Crippen molar-refractivity contribution in [2.24, 2.45) is 7.05 Å². The molecule has 5 rings (SSSR count). The fourth-order valence-electron chi connectivity index (χ4n) is 3.56. The molecular formula is C21H15F2N5. The lowest BCUT2D eigenvalue weighted by Crippen LogP contribution is -2.01. The van der Waals surface area contributed by atoms with Crippen molar-refractivity contribution in [1.29, 1.82) is 0 Å². The molecule has 2 aromatic carbocycles. The molecule has 0 radical (unpaired) electrons. The minimum absolute atomic E-state index is 0.292. The van der Waals surface area contributed by atoms with Crippen LogP contribution < -0.4 is 0 Å². The van der Waals surface area contributed by atoms with E-state index >= 15 is 0 Å². The monoisotopic (exact) mass is 375 g/mol. The van der Waals surface area contributed by atoms with Crippen LogP contribution in [0, 0.1) is 11.6 Å². The number of hydrogen-bond donors (Lipinski definition) is 0. The van der Waals surface area contributed by atoms with Gasteiger partial charge in [-0.25, -0.2) is 18.7 Å². The number of nitrogens with zero attached hydrogens (tertiary/aromatic N) is 5. The van der Waals surface area contributed by atoms with Gasteiger partial charge in [-0.2, -0.15) is 5.10 Å². The van der Waals surface area contributed by atoms with Crippen LogP contribution in [0.1, 0.15) is 5.56 Å². The number of aryl methyl sites for hydroxylation is 1. The summed E-state index contributed by atoms with van der Waals surface area (Å²) in [5, 5.41) is 6.44. The van der Waals surface area contributed by atoms with E-state index in [9.17, 15) is 8.78 Å². The van der Waals surface area contributed by atoms with Crippen LogP contribution in [-0.4, -0.2) is 24.3 Å². The van der Waals surface area contributed by atoms with Crippen LogP contribution in [0.5, 0.6) is 0 Å². The van der Waals surface area contributed by atoms with E-state index in [1.807, 2.05) is 48.4 Å². The van der Waals surface area contributed by atoms with Gasteiger partial charge in [0.05, 0.1) is 12.1 Å². The van der Waals surface area contributed by atoms with Gasteiger partial charge in [0, 0.05) is 48.0 Å². The zero-order chi connectivity index (χ0) is 19.3. The van der Waals surface area contributed by atoms with Gasteiger partial charge in [-0.1, -0.05) is 6.07 Å². The molecular weight excluding hydrogens is 360 g/mol. The first-order chi connectivity index (χ1) is 13.6. The van der Waals surface area contributed by atoms with Gasteiger partial charge in [-0.3, -0.25) is 4.68 Å². The van der Waals surface area contributed by atoms with E-state index in [0.29, 0.717) is 12.1 Å². The molecule has 0 saturated heterocycles. The van der Waals surface area contributed by atoms with Gasteiger partial charge in [0.2, 0.25) is 0 Å². The maximum Gasteiger partial charge on any atom is 0.143 e. The van der Waals surface area contributed by atoms with Crippen molar-refractivity contribution in [2.75, 3.05) is 0 Å². The summed E-state index contributed by atoms with van der Waals surface area (Å²) in [4.78, 5) is 8.47. The fraction of sp³-hybridized carbons (Fsp3) is 0.0952. The van der Waals surface area contributed by atoms with E-state index < -0.39 is 11.6 Å². The van der Waals surface area contributed by atoms with Gasteiger partial charge in [0.15, 0.2) is 0 Å². The van der Waals surface area contributed by atoms with E-state index in [2.05, 4.69) is 15.1 Å². The molecule has 0 N–H and O–H groups in total. The Morgan fingerprint density at radius 1 is 1.00 bits per heavy atom. The quantitative estimate of drug-likeness (QED) is 0.472. The number of hydrogen-bond acceptors (Lipinski definition) is 3. The Kier molecular flexibility index (Phi) is 3.68. The summed E-state index contributed by atoms with van der Waals surface area (Å²) in [6.07, 6.45) is 7.25. The molecule has 5 aromatic rings. The highest BCUT2D eigenvalue weighted by atomic mass is 19.1. The Hall–Kier alpha value is -3.61. The molecule has 0 spiro atoms. The number of halogens is 2. The molecule has 3 heterocycles. The molecule has 3 aromatic heterocycles. The first kappa shape index (κ1) is 16.6. The highest BCUT2D eigenvalue weighted by Gasteiger charge is 2.11. The highest BCUT2D eigenvalue weighted by Crippen LogP contribution is 2.30. The average Bonchev–Trinajstić information content (AvgIpc) is 3.21. The third-order valence-corrected chi connectivity index (χ3v) is 4.77. The molecule has 0 aliphatic heterocycles. The number of fused-ring (bicyclic) bond motifs is 2. The zero-order valence-electron chi connectivity index (χ0n) is 15.0. The van der Waals surface area contributed by atoms with Gasteiger partial charge in [-0.15, -0.1) is 0 Å². The summed E-state index contributed by atoms with van der Waals surface area (Å²) in [7, 11) is 1.95. The van der Waals surface area contributed by atoms with E-state index in [1.165, 1.54) is 18.5 Å². The summed E-state index contributed by atoms with van der Waals surface area (Å²) < 4.78 is 30.5. The van der Waals surface area contributed by atoms with Crippen LogP contribution in [-0.2, 0) is 13.6 Å². The van der Waals surface area contributed by atoms with Crippen molar-refractivity contribution in [3.05, 3.63) is 78.5 Å². The fourth-order valence-corrected chi connectivity index (χ4v) is 3.56. The smallest absolute Gasteiger partial charge is 0.143 e. The molecule has 5 nitrogen and oxygen atoms in total. The number of aromatic nitrogens is 5. The molecule has 28 heavy (non-hydrogen) atoms. The van der Waals surface area contributed by atoms with Crippen molar-refractivity contribution in [3.8, 4) is 11.1 Å². The Morgan fingerprint density at radius 3 is 2.64 bits per heavy atom. The molecule has 0 bridgehead atoms.